The summed E-state index contributed by atoms with van der Waals surface area (Å²) in [6.45, 7) is 6.58. The molecule has 0 aliphatic heterocycles. The van der Waals surface area contributed by atoms with Crippen LogP contribution in [0, 0.1) is 0 Å². The van der Waals surface area contributed by atoms with Gasteiger partial charge >= 0.3 is 0 Å². The zero-order valence-corrected chi connectivity index (χ0v) is 9.72. The predicted octanol–water partition coefficient (Wildman–Crippen LogP) is 2.72. The highest BCUT2D eigenvalue weighted by Gasteiger charge is 2.17. The fraction of sp³-hybridized carbons (Fsp3) is 1.00. The molecule has 2 nitrogen and oxygen atoms in total. The largest absolute Gasteiger partial charge is 0.378 e. The quantitative estimate of drug-likeness (QED) is 0.607. The molecule has 1 rings (SSSR count). The summed E-state index contributed by atoms with van der Waals surface area (Å²) in [5.41, 5.74) is 0. The van der Waals surface area contributed by atoms with Crippen LogP contribution in [-0.2, 0) is 4.74 Å². The number of ether oxygens (including phenoxy) is 1. The zero-order valence-electron chi connectivity index (χ0n) is 9.72. The first-order valence-corrected chi connectivity index (χ1v) is 6.18. The van der Waals surface area contributed by atoms with Crippen molar-refractivity contribution in [1.29, 1.82) is 0 Å². The van der Waals surface area contributed by atoms with Gasteiger partial charge in [0.1, 0.15) is 0 Å². The molecule has 0 saturated heterocycles. The molecule has 0 spiro atoms. The Morgan fingerprint density at radius 1 is 1.43 bits per heavy atom. The average Bonchev–Trinajstić information content (AvgIpc) is 2.11. The molecule has 0 bridgehead atoms. The van der Waals surface area contributed by atoms with Crippen molar-refractivity contribution in [3.05, 3.63) is 0 Å². The van der Waals surface area contributed by atoms with Gasteiger partial charge in [-0.3, -0.25) is 0 Å². The van der Waals surface area contributed by atoms with Crippen LogP contribution < -0.4 is 5.32 Å². The zero-order chi connectivity index (χ0) is 10.2. The highest BCUT2D eigenvalue weighted by Crippen LogP contribution is 2.21. The van der Waals surface area contributed by atoms with Gasteiger partial charge in [0, 0.05) is 12.6 Å². The van der Waals surface area contributed by atoms with Gasteiger partial charge in [0.25, 0.3) is 0 Å². The van der Waals surface area contributed by atoms with Crippen LogP contribution in [0.15, 0.2) is 0 Å². The monoisotopic (exact) mass is 199 g/mol. The second kappa shape index (κ2) is 7.24. The molecular formula is C12H25NO. The van der Waals surface area contributed by atoms with Gasteiger partial charge in [-0.2, -0.15) is 0 Å². The van der Waals surface area contributed by atoms with Crippen molar-refractivity contribution in [3.63, 3.8) is 0 Å². The van der Waals surface area contributed by atoms with E-state index < -0.39 is 0 Å². The molecule has 2 heteroatoms. The van der Waals surface area contributed by atoms with Gasteiger partial charge in [0.2, 0.25) is 0 Å². The molecule has 1 saturated carbocycles. The molecule has 0 radical (unpaired) electrons. The van der Waals surface area contributed by atoms with Crippen LogP contribution in [0.25, 0.3) is 0 Å². The molecule has 0 aromatic heterocycles. The SMILES string of the molecule is CCCNC(C)CCCOC1CCC1. The summed E-state index contributed by atoms with van der Waals surface area (Å²) >= 11 is 0. The minimum absolute atomic E-state index is 0.605. The average molecular weight is 199 g/mol. The van der Waals surface area contributed by atoms with Gasteiger partial charge in [-0.15, -0.1) is 0 Å². The van der Waals surface area contributed by atoms with E-state index in [2.05, 4.69) is 19.2 Å². The summed E-state index contributed by atoms with van der Waals surface area (Å²) < 4.78 is 5.71. The molecule has 1 fully saturated rings. The van der Waals surface area contributed by atoms with Crippen molar-refractivity contribution in [2.24, 2.45) is 0 Å². The van der Waals surface area contributed by atoms with E-state index in [0.29, 0.717) is 12.1 Å². The summed E-state index contributed by atoms with van der Waals surface area (Å²) in [5, 5.41) is 3.49. The first kappa shape index (κ1) is 12.0. The Kier molecular flexibility index (Phi) is 6.20. The lowest BCUT2D eigenvalue weighted by Gasteiger charge is -2.25. The molecule has 84 valence electrons. The smallest absolute Gasteiger partial charge is 0.0575 e. The summed E-state index contributed by atoms with van der Waals surface area (Å²) in [6.07, 6.45) is 8.24. The van der Waals surface area contributed by atoms with Crippen molar-refractivity contribution >= 4 is 0 Å². The topological polar surface area (TPSA) is 21.3 Å². The van der Waals surface area contributed by atoms with Crippen molar-refractivity contribution in [3.8, 4) is 0 Å². The van der Waals surface area contributed by atoms with Crippen molar-refractivity contribution in [1.82, 2.24) is 5.32 Å². The molecule has 1 aliphatic rings. The molecule has 1 aliphatic carbocycles. The molecule has 14 heavy (non-hydrogen) atoms. The van der Waals surface area contributed by atoms with Gasteiger partial charge in [-0.25, -0.2) is 0 Å². The standard InChI is InChI=1S/C12H25NO/c1-3-9-13-11(2)6-5-10-14-12-7-4-8-12/h11-13H,3-10H2,1-2H3. The Balaban J connectivity index is 1.81. The summed E-state index contributed by atoms with van der Waals surface area (Å²) in [7, 11) is 0. The first-order chi connectivity index (χ1) is 6.83. The molecule has 1 unspecified atom stereocenters. The van der Waals surface area contributed by atoms with Gasteiger partial charge in [-0.1, -0.05) is 6.92 Å². The Bertz CT molecular complexity index is 134. The summed E-state index contributed by atoms with van der Waals surface area (Å²) in [4.78, 5) is 0. The fourth-order valence-electron chi connectivity index (χ4n) is 1.67. The number of hydrogen-bond donors (Lipinski definition) is 1. The molecule has 0 aromatic carbocycles. The van der Waals surface area contributed by atoms with Crippen LogP contribution >= 0.6 is 0 Å². The van der Waals surface area contributed by atoms with Crippen LogP contribution in [0.3, 0.4) is 0 Å². The van der Waals surface area contributed by atoms with Gasteiger partial charge in [0.05, 0.1) is 6.10 Å². The van der Waals surface area contributed by atoms with Gasteiger partial charge in [0.15, 0.2) is 0 Å². The van der Waals surface area contributed by atoms with Gasteiger partial charge in [-0.05, 0) is 52.0 Å². The molecule has 1 N–H and O–H groups in total. The van der Waals surface area contributed by atoms with E-state index in [0.717, 1.165) is 13.2 Å². The van der Waals surface area contributed by atoms with E-state index in [1.54, 1.807) is 0 Å². The highest BCUT2D eigenvalue weighted by atomic mass is 16.5. The van der Waals surface area contributed by atoms with E-state index in [1.165, 1.54) is 38.5 Å². The fourth-order valence-corrected chi connectivity index (χ4v) is 1.67. The third kappa shape index (κ3) is 4.97. The van der Waals surface area contributed by atoms with Crippen LogP contribution in [0.2, 0.25) is 0 Å². The van der Waals surface area contributed by atoms with Crippen LogP contribution in [0.1, 0.15) is 52.4 Å². The van der Waals surface area contributed by atoms with Crippen LogP contribution in [-0.4, -0.2) is 25.3 Å². The Labute approximate surface area is 88.4 Å². The summed E-state index contributed by atoms with van der Waals surface area (Å²) in [5.74, 6) is 0. The maximum atomic E-state index is 5.71. The lowest BCUT2D eigenvalue weighted by atomic mass is 9.96. The third-order valence-electron chi connectivity index (χ3n) is 2.93. The molecule has 1 atom stereocenters. The lowest BCUT2D eigenvalue weighted by molar-refractivity contribution is 0.000163. The predicted molar refractivity (Wildman–Crippen MR) is 60.6 cm³/mol. The van der Waals surface area contributed by atoms with Crippen LogP contribution in [0.4, 0.5) is 0 Å². The maximum Gasteiger partial charge on any atom is 0.0575 e. The van der Waals surface area contributed by atoms with E-state index in [9.17, 15) is 0 Å². The second-order valence-electron chi connectivity index (χ2n) is 4.42. The lowest BCUT2D eigenvalue weighted by Crippen LogP contribution is -2.27. The first-order valence-electron chi connectivity index (χ1n) is 6.18. The number of rotatable bonds is 8. The minimum Gasteiger partial charge on any atom is -0.378 e. The second-order valence-corrected chi connectivity index (χ2v) is 4.42. The number of nitrogens with one attached hydrogen (secondary N) is 1. The molecule has 0 amide bonds. The summed E-state index contributed by atoms with van der Waals surface area (Å²) in [6, 6.07) is 0.653. The minimum atomic E-state index is 0.605. The molecular weight excluding hydrogens is 174 g/mol. The van der Waals surface area contributed by atoms with E-state index >= 15 is 0 Å². The number of hydrogen-bond acceptors (Lipinski definition) is 2. The van der Waals surface area contributed by atoms with Crippen molar-refractivity contribution in [2.75, 3.05) is 13.2 Å². The van der Waals surface area contributed by atoms with Crippen molar-refractivity contribution in [2.45, 2.75) is 64.5 Å². The van der Waals surface area contributed by atoms with E-state index in [-0.39, 0.29) is 0 Å². The molecule has 0 aromatic rings. The van der Waals surface area contributed by atoms with Crippen LogP contribution in [0.5, 0.6) is 0 Å². The molecule has 0 heterocycles. The van der Waals surface area contributed by atoms with Gasteiger partial charge < -0.3 is 10.1 Å². The normalized spacial score (nSPS) is 19.3. The van der Waals surface area contributed by atoms with E-state index in [4.69, 9.17) is 4.74 Å². The van der Waals surface area contributed by atoms with E-state index in [1.807, 2.05) is 0 Å². The maximum absolute atomic E-state index is 5.71. The third-order valence-corrected chi connectivity index (χ3v) is 2.93. The Morgan fingerprint density at radius 2 is 2.21 bits per heavy atom. The highest BCUT2D eigenvalue weighted by molar-refractivity contribution is 4.69. The Hall–Kier alpha value is -0.0800. The van der Waals surface area contributed by atoms with Crippen molar-refractivity contribution < 1.29 is 4.74 Å². The Morgan fingerprint density at radius 3 is 2.79 bits per heavy atom.